The van der Waals surface area contributed by atoms with Crippen molar-refractivity contribution >= 4 is 17.0 Å². The molecule has 1 aromatic carbocycles. The molecule has 27 heavy (non-hydrogen) atoms. The first-order valence-electron chi connectivity index (χ1n) is 9.11. The molecule has 1 aromatic heterocycles. The summed E-state index contributed by atoms with van der Waals surface area (Å²) in [4.78, 5) is 14.9. The van der Waals surface area contributed by atoms with Gasteiger partial charge in [-0.1, -0.05) is 23.8 Å². The van der Waals surface area contributed by atoms with E-state index < -0.39 is 11.8 Å². The number of aromatic nitrogens is 1. The Hall–Kier alpha value is -2.89. The predicted molar refractivity (Wildman–Crippen MR) is 101 cm³/mol. The van der Waals surface area contributed by atoms with Gasteiger partial charge in [-0.05, 0) is 37.1 Å². The van der Waals surface area contributed by atoms with Gasteiger partial charge in [0.15, 0.2) is 0 Å². The van der Waals surface area contributed by atoms with Crippen LogP contribution >= 0.6 is 0 Å². The number of benzene rings is 1. The largest absolute Gasteiger partial charge is 0.493 e. The summed E-state index contributed by atoms with van der Waals surface area (Å²) in [5, 5.41) is 12.0. The zero-order valence-electron chi connectivity index (χ0n) is 14.8. The molecule has 2 aromatic rings. The summed E-state index contributed by atoms with van der Waals surface area (Å²) < 4.78 is 21.6. The second-order valence-corrected chi connectivity index (χ2v) is 7.00. The Morgan fingerprint density at radius 3 is 3.11 bits per heavy atom. The molecular formula is C21H21FN2O3. The summed E-state index contributed by atoms with van der Waals surface area (Å²) >= 11 is 0. The molecule has 0 fully saturated rings. The number of nitrogens with zero attached hydrogens (tertiary/aromatic N) is 1. The minimum atomic E-state index is -1.48. The average molecular weight is 368 g/mol. The molecule has 1 amide bonds. The van der Waals surface area contributed by atoms with Crippen LogP contribution in [-0.4, -0.2) is 35.0 Å². The highest BCUT2D eigenvalue weighted by atomic mass is 19.1. The second kappa shape index (κ2) is 7.02. The fourth-order valence-electron chi connectivity index (χ4n) is 3.88. The highest BCUT2D eigenvalue weighted by Crippen LogP contribution is 2.47. The standard InChI is InChI=1S/C21H21FN2O3/c22-21(7-3-14(4-8-21)5-10-24-20(25)26)17-6-11-27-19-12-15-2-1-9-23-18(15)13-16(17)19/h1-4,7,9,12-13,17,24H,5-6,8,10-11H2,(H,25,26). The Morgan fingerprint density at radius 2 is 2.33 bits per heavy atom. The molecule has 140 valence electrons. The van der Waals surface area contributed by atoms with Crippen molar-refractivity contribution < 1.29 is 19.0 Å². The minimum absolute atomic E-state index is 0.274. The second-order valence-electron chi connectivity index (χ2n) is 7.00. The molecule has 2 N–H and O–H groups in total. The van der Waals surface area contributed by atoms with Crippen LogP contribution in [0.2, 0.25) is 0 Å². The SMILES string of the molecule is O=C(O)NCCC1=CCC(F)(C2CCOc3cc4cccnc4cc32)C=C1. The van der Waals surface area contributed by atoms with Crippen molar-refractivity contribution in [3.8, 4) is 5.75 Å². The van der Waals surface area contributed by atoms with Gasteiger partial charge in [0, 0.05) is 36.0 Å². The summed E-state index contributed by atoms with van der Waals surface area (Å²) in [5.74, 6) is 0.441. The van der Waals surface area contributed by atoms with E-state index in [1.165, 1.54) is 0 Å². The lowest BCUT2D eigenvalue weighted by Gasteiger charge is -2.36. The van der Waals surface area contributed by atoms with Crippen LogP contribution in [0, 0.1) is 0 Å². The number of amides is 1. The molecule has 0 bridgehead atoms. The van der Waals surface area contributed by atoms with Crippen molar-refractivity contribution in [1.82, 2.24) is 10.3 Å². The molecule has 0 saturated carbocycles. The van der Waals surface area contributed by atoms with Crippen LogP contribution in [0.3, 0.4) is 0 Å². The third kappa shape index (κ3) is 3.52. The van der Waals surface area contributed by atoms with Gasteiger partial charge in [-0.3, -0.25) is 4.98 Å². The van der Waals surface area contributed by atoms with E-state index >= 15 is 4.39 Å². The molecule has 6 heteroatoms. The average Bonchev–Trinajstić information content (AvgIpc) is 2.67. The van der Waals surface area contributed by atoms with E-state index in [2.05, 4.69) is 10.3 Å². The van der Waals surface area contributed by atoms with E-state index in [0.717, 1.165) is 27.8 Å². The summed E-state index contributed by atoms with van der Waals surface area (Å²) in [5.41, 5.74) is 1.17. The molecule has 0 saturated heterocycles. The Kier molecular flexibility index (Phi) is 4.56. The lowest BCUT2D eigenvalue weighted by molar-refractivity contribution is 0.142. The number of hydrogen-bond acceptors (Lipinski definition) is 3. The smallest absolute Gasteiger partial charge is 0.404 e. The quantitative estimate of drug-likeness (QED) is 0.841. The first kappa shape index (κ1) is 17.5. The van der Waals surface area contributed by atoms with Crippen LogP contribution < -0.4 is 10.1 Å². The Balaban J connectivity index is 1.56. The van der Waals surface area contributed by atoms with Crippen molar-refractivity contribution in [2.45, 2.75) is 30.8 Å². The summed E-state index contributed by atoms with van der Waals surface area (Å²) in [6, 6.07) is 7.74. The first-order chi connectivity index (χ1) is 13.0. The van der Waals surface area contributed by atoms with Crippen molar-refractivity contribution in [2.75, 3.05) is 13.2 Å². The number of hydrogen-bond donors (Lipinski definition) is 2. The van der Waals surface area contributed by atoms with Crippen molar-refractivity contribution in [2.24, 2.45) is 0 Å². The number of halogens is 1. The van der Waals surface area contributed by atoms with E-state index in [4.69, 9.17) is 9.84 Å². The molecule has 0 spiro atoms. The van der Waals surface area contributed by atoms with Crippen LogP contribution in [0.1, 0.15) is 30.7 Å². The number of rotatable bonds is 4. The number of pyridine rings is 1. The Morgan fingerprint density at radius 1 is 1.44 bits per heavy atom. The van der Waals surface area contributed by atoms with Crippen LogP contribution in [0.5, 0.6) is 5.75 Å². The molecule has 1 aliphatic heterocycles. The third-order valence-electron chi connectivity index (χ3n) is 5.29. The van der Waals surface area contributed by atoms with Gasteiger partial charge >= 0.3 is 6.09 Å². The monoisotopic (exact) mass is 368 g/mol. The van der Waals surface area contributed by atoms with E-state index in [9.17, 15) is 4.79 Å². The number of carbonyl (C=O) groups is 1. The van der Waals surface area contributed by atoms with Gasteiger partial charge < -0.3 is 15.2 Å². The molecule has 1 aliphatic carbocycles. The summed E-state index contributed by atoms with van der Waals surface area (Å²) in [6.45, 7) is 0.810. The normalized spacial score (nSPS) is 24.0. The molecule has 0 radical (unpaired) electrons. The number of ether oxygens (including phenoxy) is 1. The third-order valence-corrected chi connectivity index (χ3v) is 5.29. The molecule has 2 atom stereocenters. The van der Waals surface area contributed by atoms with E-state index in [-0.39, 0.29) is 12.3 Å². The molecule has 4 rings (SSSR count). The maximum absolute atomic E-state index is 15.8. The topological polar surface area (TPSA) is 71.5 Å². The maximum atomic E-state index is 15.8. The zero-order chi connectivity index (χ0) is 18.9. The highest BCUT2D eigenvalue weighted by molar-refractivity contribution is 5.81. The van der Waals surface area contributed by atoms with Crippen LogP contribution in [0.4, 0.5) is 9.18 Å². The van der Waals surface area contributed by atoms with Gasteiger partial charge in [0.05, 0.1) is 12.1 Å². The molecule has 5 nitrogen and oxygen atoms in total. The lowest BCUT2D eigenvalue weighted by Crippen LogP contribution is -2.34. The van der Waals surface area contributed by atoms with Gasteiger partial charge in [-0.15, -0.1) is 0 Å². The van der Waals surface area contributed by atoms with Gasteiger partial charge in [0.1, 0.15) is 11.4 Å². The van der Waals surface area contributed by atoms with E-state index in [1.807, 2.05) is 30.3 Å². The number of allylic oxidation sites excluding steroid dienone is 3. The number of alkyl halides is 1. The van der Waals surface area contributed by atoms with E-state index in [0.29, 0.717) is 26.0 Å². The van der Waals surface area contributed by atoms with Crippen LogP contribution in [-0.2, 0) is 0 Å². The molecule has 2 aliphatic rings. The summed E-state index contributed by atoms with van der Waals surface area (Å²) in [6.07, 6.45) is 7.41. The fraction of sp³-hybridized carbons (Fsp3) is 0.333. The number of carboxylic acid groups (broad SMARTS) is 1. The van der Waals surface area contributed by atoms with Gasteiger partial charge in [0.25, 0.3) is 0 Å². The number of fused-ring (bicyclic) bond motifs is 2. The van der Waals surface area contributed by atoms with Crippen LogP contribution in [0.15, 0.2) is 54.3 Å². The molecular weight excluding hydrogens is 347 g/mol. The van der Waals surface area contributed by atoms with Crippen molar-refractivity contribution in [1.29, 1.82) is 0 Å². The predicted octanol–water partition coefficient (Wildman–Crippen LogP) is 4.35. The highest BCUT2D eigenvalue weighted by Gasteiger charge is 2.41. The minimum Gasteiger partial charge on any atom is -0.493 e. The maximum Gasteiger partial charge on any atom is 0.404 e. The lowest BCUT2D eigenvalue weighted by atomic mass is 9.75. The fourth-order valence-corrected chi connectivity index (χ4v) is 3.88. The molecule has 2 heterocycles. The van der Waals surface area contributed by atoms with E-state index in [1.54, 1.807) is 18.3 Å². The Bertz CT molecular complexity index is 940. The van der Waals surface area contributed by atoms with Crippen molar-refractivity contribution in [3.05, 3.63) is 59.8 Å². The Labute approximate surface area is 156 Å². The summed E-state index contributed by atoms with van der Waals surface area (Å²) in [7, 11) is 0. The van der Waals surface area contributed by atoms with Crippen molar-refractivity contribution in [3.63, 3.8) is 0 Å². The first-order valence-corrected chi connectivity index (χ1v) is 9.11. The van der Waals surface area contributed by atoms with Gasteiger partial charge in [0.2, 0.25) is 0 Å². The number of nitrogens with one attached hydrogen (secondary N) is 1. The van der Waals surface area contributed by atoms with Gasteiger partial charge in [-0.25, -0.2) is 9.18 Å². The zero-order valence-corrected chi connectivity index (χ0v) is 14.8. The van der Waals surface area contributed by atoms with Crippen LogP contribution in [0.25, 0.3) is 10.9 Å². The molecule has 2 unspecified atom stereocenters. The van der Waals surface area contributed by atoms with Gasteiger partial charge in [-0.2, -0.15) is 0 Å².